The molecule has 0 bridgehead atoms. The van der Waals surface area contributed by atoms with Gasteiger partial charge in [-0.3, -0.25) is 0 Å². The van der Waals surface area contributed by atoms with E-state index >= 15 is 0 Å². The van der Waals surface area contributed by atoms with Gasteiger partial charge in [0.1, 0.15) is 5.60 Å². The van der Waals surface area contributed by atoms with Crippen molar-refractivity contribution in [3.63, 3.8) is 0 Å². The number of nitrogens with one attached hydrogen (secondary N) is 1. The standard InChI is InChI=1S/C18H31N3O2S/c1-13(19-10-9-15-12-24-14(2)20-15)16-8-6-7-11-21(16)17(22)23-18(3,4)5/h12-13,16,19H,6-11H2,1-5H3/t13-,16+/m1/s1. The van der Waals surface area contributed by atoms with Crippen LogP contribution in [0.5, 0.6) is 0 Å². The average Bonchev–Trinajstić information content (AvgIpc) is 2.91. The Balaban J connectivity index is 1.87. The van der Waals surface area contributed by atoms with Gasteiger partial charge < -0.3 is 15.0 Å². The molecule has 1 saturated heterocycles. The van der Waals surface area contributed by atoms with E-state index < -0.39 is 5.60 Å². The maximum Gasteiger partial charge on any atom is 0.410 e. The molecular weight excluding hydrogens is 322 g/mol. The number of aromatic nitrogens is 1. The van der Waals surface area contributed by atoms with Crippen molar-refractivity contribution in [3.05, 3.63) is 16.1 Å². The molecule has 0 aromatic carbocycles. The number of thiazole rings is 1. The largest absolute Gasteiger partial charge is 0.444 e. The molecule has 2 heterocycles. The van der Waals surface area contributed by atoms with E-state index in [1.165, 1.54) is 6.42 Å². The number of nitrogens with zero attached hydrogens (tertiary/aromatic N) is 2. The maximum atomic E-state index is 12.5. The molecule has 1 aromatic heterocycles. The molecule has 1 amide bonds. The molecule has 0 saturated carbocycles. The minimum atomic E-state index is -0.446. The van der Waals surface area contributed by atoms with Crippen molar-refractivity contribution in [1.82, 2.24) is 15.2 Å². The molecule has 2 rings (SSSR count). The van der Waals surface area contributed by atoms with Gasteiger partial charge in [-0.05, 0) is 53.9 Å². The minimum absolute atomic E-state index is 0.184. The second kappa shape index (κ2) is 8.30. The molecule has 2 atom stereocenters. The van der Waals surface area contributed by atoms with Crippen LogP contribution in [0.4, 0.5) is 4.79 Å². The lowest BCUT2D eigenvalue weighted by molar-refractivity contribution is 0.00564. The third-order valence-electron chi connectivity index (χ3n) is 4.27. The molecule has 0 unspecified atom stereocenters. The predicted octanol–water partition coefficient (Wildman–Crippen LogP) is 3.76. The molecule has 1 aliphatic heterocycles. The second-order valence-corrected chi connectivity index (χ2v) is 8.65. The molecule has 5 nitrogen and oxygen atoms in total. The highest BCUT2D eigenvalue weighted by Crippen LogP contribution is 2.22. The van der Waals surface area contributed by atoms with Crippen molar-refractivity contribution in [2.24, 2.45) is 0 Å². The van der Waals surface area contributed by atoms with Crippen molar-refractivity contribution in [1.29, 1.82) is 0 Å². The Labute approximate surface area is 149 Å². The zero-order valence-electron chi connectivity index (χ0n) is 15.6. The number of likely N-dealkylation sites (tertiary alicyclic amines) is 1. The molecule has 0 aliphatic carbocycles. The topological polar surface area (TPSA) is 54.5 Å². The summed E-state index contributed by atoms with van der Waals surface area (Å²) >= 11 is 1.69. The Morgan fingerprint density at radius 1 is 1.50 bits per heavy atom. The van der Waals surface area contributed by atoms with Crippen LogP contribution in [0.1, 0.15) is 57.7 Å². The monoisotopic (exact) mass is 353 g/mol. The van der Waals surface area contributed by atoms with Crippen LogP contribution < -0.4 is 5.32 Å². The van der Waals surface area contributed by atoms with Gasteiger partial charge in [-0.2, -0.15) is 0 Å². The van der Waals surface area contributed by atoms with Crippen molar-refractivity contribution >= 4 is 17.4 Å². The zero-order valence-corrected chi connectivity index (χ0v) is 16.4. The molecule has 136 valence electrons. The van der Waals surface area contributed by atoms with Crippen molar-refractivity contribution in [3.8, 4) is 0 Å². The number of amides is 1. The van der Waals surface area contributed by atoms with Gasteiger partial charge in [0.2, 0.25) is 0 Å². The molecule has 6 heteroatoms. The summed E-state index contributed by atoms with van der Waals surface area (Å²) in [7, 11) is 0. The summed E-state index contributed by atoms with van der Waals surface area (Å²) in [4.78, 5) is 18.9. The highest BCUT2D eigenvalue weighted by Gasteiger charge is 2.33. The van der Waals surface area contributed by atoms with Crippen LogP contribution in [-0.2, 0) is 11.2 Å². The zero-order chi connectivity index (χ0) is 17.7. The first-order valence-corrected chi connectivity index (χ1v) is 9.78. The lowest BCUT2D eigenvalue weighted by Crippen LogP contribution is -2.54. The normalized spacial score (nSPS) is 20.0. The molecule has 1 fully saturated rings. The first kappa shape index (κ1) is 19.2. The van der Waals surface area contributed by atoms with E-state index in [1.54, 1.807) is 11.3 Å². The molecule has 24 heavy (non-hydrogen) atoms. The fourth-order valence-corrected chi connectivity index (χ4v) is 3.76. The number of rotatable bonds is 5. The van der Waals surface area contributed by atoms with Crippen LogP contribution in [-0.4, -0.2) is 46.8 Å². The van der Waals surface area contributed by atoms with E-state index in [-0.39, 0.29) is 18.2 Å². The summed E-state index contributed by atoms with van der Waals surface area (Å²) in [6.07, 6.45) is 4.00. The van der Waals surface area contributed by atoms with Crippen molar-refractivity contribution in [2.45, 2.75) is 78.0 Å². The van der Waals surface area contributed by atoms with Crippen molar-refractivity contribution in [2.75, 3.05) is 13.1 Å². The van der Waals surface area contributed by atoms with Gasteiger partial charge in [-0.1, -0.05) is 0 Å². The van der Waals surface area contributed by atoms with E-state index in [9.17, 15) is 4.79 Å². The number of carbonyl (C=O) groups excluding carboxylic acids is 1. The number of carbonyl (C=O) groups is 1. The maximum absolute atomic E-state index is 12.5. The Kier molecular flexibility index (Phi) is 6.63. The number of piperidine rings is 1. The summed E-state index contributed by atoms with van der Waals surface area (Å²) < 4.78 is 5.58. The Hall–Kier alpha value is -1.14. The number of aryl methyl sites for hydroxylation is 1. The first-order valence-electron chi connectivity index (χ1n) is 8.90. The summed E-state index contributed by atoms with van der Waals surface area (Å²) in [5.74, 6) is 0. The van der Waals surface area contributed by atoms with E-state index in [4.69, 9.17) is 4.74 Å². The van der Waals surface area contributed by atoms with Crippen LogP contribution in [0.25, 0.3) is 0 Å². The van der Waals surface area contributed by atoms with Crippen molar-refractivity contribution < 1.29 is 9.53 Å². The molecule has 1 N–H and O–H groups in total. The van der Waals surface area contributed by atoms with Gasteiger partial charge in [0.15, 0.2) is 0 Å². The van der Waals surface area contributed by atoms with E-state index in [1.807, 2.05) is 32.6 Å². The Morgan fingerprint density at radius 2 is 2.25 bits per heavy atom. The lowest BCUT2D eigenvalue weighted by atomic mass is 9.97. The molecule has 0 radical (unpaired) electrons. The third-order valence-corrected chi connectivity index (χ3v) is 5.09. The van der Waals surface area contributed by atoms with Gasteiger partial charge in [0.25, 0.3) is 0 Å². The SMILES string of the molecule is Cc1nc(CCN[C@H](C)[C@@H]2CCCCN2C(=O)OC(C)(C)C)cs1. The second-order valence-electron chi connectivity index (χ2n) is 7.59. The van der Waals surface area contributed by atoms with Gasteiger partial charge >= 0.3 is 6.09 Å². The Bertz CT molecular complexity index is 539. The predicted molar refractivity (Wildman–Crippen MR) is 98.6 cm³/mol. The van der Waals surface area contributed by atoms with Crippen LogP contribution in [0.3, 0.4) is 0 Å². The van der Waals surface area contributed by atoms with Crippen LogP contribution >= 0.6 is 11.3 Å². The molecule has 0 spiro atoms. The van der Waals surface area contributed by atoms with E-state index in [0.717, 1.165) is 43.1 Å². The quantitative estimate of drug-likeness (QED) is 0.876. The van der Waals surface area contributed by atoms with Crippen LogP contribution in [0.15, 0.2) is 5.38 Å². The van der Waals surface area contributed by atoms with Gasteiger partial charge in [0.05, 0.1) is 16.7 Å². The summed E-state index contributed by atoms with van der Waals surface area (Å²) in [5, 5.41) is 6.81. The number of hydrogen-bond acceptors (Lipinski definition) is 5. The fourth-order valence-electron chi connectivity index (χ4n) is 3.11. The first-order chi connectivity index (χ1) is 11.3. The Morgan fingerprint density at radius 3 is 2.88 bits per heavy atom. The summed E-state index contributed by atoms with van der Waals surface area (Å²) in [5.41, 5.74) is 0.697. The highest BCUT2D eigenvalue weighted by molar-refractivity contribution is 7.09. The van der Waals surface area contributed by atoms with Crippen LogP contribution in [0, 0.1) is 6.92 Å². The molecule has 1 aliphatic rings. The lowest BCUT2D eigenvalue weighted by Gasteiger charge is -2.40. The minimum Gasteiger partial charge on any atom is -0.444 e. The molecule has 1 aromatic rings. The third kappa shape index (κ3) is 5.74. The van der Waals surface area contributed by atoms with E-state index in [2.05, 4.69) is 22.6 Å². The summed E-state index contributed by atoms with van der Waals surface area (Å²) in [6.45, 7) is 11.6. The smallest absolute Gasteiger partial charge is 0.410 e. The molecular formula is C18H31N3O2S. The number of ether oxygens (including phenoxy) is 1. The average molecular weight is 354 g/mol. The van der Waals surface area contributed by atoms with Gasteiger partial charge in [-0.15, -0.1) is 11.3 Å². The fraction of sp³-hybridized carbons (Fsp3) is 0.778. The summed E-state index contributed by atoms with van der Waals surface area (Å²) in [6, 6.07) is 0.448. The van der Waals surface area contributed by atoms with Gasteiger partial charge in [0, 0.05) is 30.9 Å². The van der Waals surface area contributed by atoms with Gasteiger partial charge in [-0.25, -0.2) is 9.78 Å². The highest BCUT2D eigenvalue weighted by atomic mass is 32.1. The van der Waals surface area contributed by atoms with Crippen LogP contribution in [0.2, 0.25) is 0 Å². The van der Waals surface area contributed by atoms with E-state index in [0.29, 0.717) is 0 Å². The number of hydrogen-bond donors (Lipinski definition) is 1.